The Balaban J connectivity index is 3.27. The van der Waals surface area contributed by atoms with Gasteiger partial charge in [0, 0.05) is 0 Å². The van der Waals surface area contributed by atoms with Crippen LogP contribution in [0.5, 0.6) is 0 Å². The molecule has 0 saturated carbocycles. The fourth-order valence-corrected chi connectivity index (χ4v) is 2.43. The zero-order valence-corrected chi connectivity index (χ0v) is 13.9. The van der Waals surface area contributed by atoms with Crippen LogP contribution in [0.25, 0.3) is 0 Å². The molecule has 2 N–H and O–H groups in total. The standard InChI is InChI=1S/C17H34O4/c1-3-4-11-15(18)12-9-7-5-6-8-10-13-16(19)14-17(20)21-2/h15-16,18-19H,3-14H2,1-2H3. The third kappa shape index (κ3) is 14.1. The summed E-state index contributed by atoms with van der Waals surface area (Å²) in [5.74, 6) is -0.343. The molecule has 0 aliphatic carbocycles. The molecule has 0 aromatic carbocycles. The van der Waals surface area contributed by atoms with Crippen molar-refractivity contribution in [3.63, 3.8) is 0 Å². The highest BCUT2D eigenvalue weighted by atomic mass is 16.5. The number of carbonyl (C=O) groups is 1. The number of methoxy groups -OCH3 is 1. The molecule has 21 heavy (non-hydrogen) atoms. The zero-order valence-electron chi connectivity index (χ0n) is 13.9. The smallest absolute Gasteiger partial charge is 0.308 e. The number of unbranched alkanes of at least 4 members (excludes halogenated alkanes) is 6. The van der Waals surface area contributed by atoms with Crippen LogP contribution in [0.15, 0.2) is 0 Å². The maximum atomic E-state index is 10.9. The number of aliphatic hydroxyl groups is 2. The van der Waals surface area contributed by atoms with Crippen LogP contribution in [0, 0.1) is 0 Å². The molecule has 0 bridgehead atoms. The Labute approximate surface area is 129 Å². The molecular weight excluding hydrogens is 268 g/mol. The summed E-state index contributed by atoms with van der Waals surface area (Å²) in [6.45, 7) is 2.15. The van der Waals surface area contributed by atoms with Gasteiger partial charge in [0.25, 0.3) is 0 Å². The van der Waals surface area contributed by atoms with E-state index in [9.17, 15) is 15.0 Å². The third-order valence-corrected chi connectivity index (χ3v) is 3.85. The number of esters is 1. The fraction of sp³-hybridized carbons (Fsp3) is 0.941. The van der Waals surface area contributed by atoms with Crippen LogP contribution in [0.1, 0.15) is 84.0 Å². The summed E-state index contributed by atoms with van der Waals surface area (Å²) in [6, 6.07) is 0. The van der Waals surface area contributed by atoms with Crippen LogP contribution < -0.4 is 0 Å². The van der Waals surface area contributed by atoms with Gasteiger partial charge in [-0.2, -0.15) is 0 Å². The molecule has 0 rings (SSSR count). The second kappa shape index (κ2) is 14.3. The summed E-state index contributed by atoms with van der Waals surface area (Å²) in [5, 5.41) is 19.3. The first-order valence-corrected chi connectivity index (χ1v) is 8.53. The van der Waals surface area contributed by atoms with Crippen LogP contribution in [0.3, 0.4) is 0 Å². The summed E-state index contributed by atoms with van der Waals surface area (Å²) in [6.07, 6.45) is 10.9. The van der Waals surface area contributed by atoms with Gasteiger partial charge in [0.15, 0.2) is 0 Å². The van der Waals surface area contributed by atoms with Crippen LogP contribution in [-0.4, -0.2) is 35.5 Å². The normalized spacial score (nSPS) is 13.9. The van der Waals surface area contributed by atoms with Crippen molar-refractivity contribution < 1.29 is 19.7 Å². The highest BCUT2D eigenvalue weighted by Gasteiger charge is 2.10. The second-order valence-electron chi connectivity index (χ2n) is 5.93. The molecule has 0 heterocycles. The van der Waals surface area contributed by atoms with Gasteiger partial charge in [-0.05, 0) is 19.3 Å². The van der Waals surface area contributed by atoms with Crippen molar-refractivity contribution in [3.05, 3.63) is 0 Å². The van der Waals surface area contributed by atoms with Gasteiger partial charge in [-0.1, -0.05) is 58.3 Å². The van der Waals surface area contributed by atoms with Crippen LogP contribution in [0.2, 0.25) is 0 Å². The van der Waals surface area contributed by atoms with E-state index in [0.29, 0.717) is 6.42 Å². The monoisotopic (exact) mass is 302 g/mol. The van der Waals surface area contributed by atoms with Gasteiger partial charge in [0.2, 0.25) is 0 Å². The number of aliphatic hydroxyl groups excluding tert-OH is 2. The SMILES string of the molecule is CCCCC(O)CCCCCCCCC(O)CC(=O)OC. The molecule has 2 atom stereocenters. The molecule has 0 aliphatic heterocycles. The highest BCUT2D eigenvalue weighted by molar-refractivity contribution is 5.69. The van der Waals surface area contributed by atoms with Crippen molar-refractivity contribution in [2.24, 2.45) is 0 Å². The molecule has 2 unspecified atom stereocenters. The lowest BCUT2D eigenvalue weighted by Gasteiger charge is -2.10. The molecule has 0 fully saturated rings. The summed E-state index contributed by atoms with van der Waals surface area (Å²) in [4.78, 5) is 10.9. The van der Waals surface area contributed by atoms with Crippen molar-refractivity contribution in [1.82, 2.24) is 0 Å². The first kappa shape index (κ1) is 20.4. The quantitative estimate of drug-likeness (QED) is 0.380. The molecule has 0 saturated heterocycles. The predicted molar refractivity (Wildman–Crippen MR) is 85.1 cm³/mol. The molecular formula is C17H34O4. The maximum Gasteiger partial charge on any atom is 0.308 e. The molecule has 126 valence electrons. The lowest BCUT2D eigenvalue weighted by Crippen LogP contribution is -2.14. The molecule has 0 aliphatic rings. The van der Waals surface area contributed by atoms with Gasteiger partial charge in [-0.3, -0.25) is 4.79 Å². The average molecular weight is 302 g/mol. The molecule has 0 aromatic rings. The maximum absolute atomic E-state index is 10.9. The van der Waals surface area contributed by atoms with E-state index >= 15 is 0 Å². The minimum absolute atomic E-state index is 0.103. The Morgan fingerprint density at radius 3 is 1.86 bits per heavy atom. The predicted octanol–water partition coefficient (Wildman–Crippen LogP) is 3.58. The number of ether oxygens (including phenoxy) is 1. The van der Waals surface area contributed by atoms with Crippen LogP contribution in [0.4, 0.5) is 0 Å². The summed E-state index contributed by atoms with van der Waals surface area (Å²) < 4.78 is 4.52. The van der Waals surface area contributed by atoms with Crippen molar-refractivity contribution in [3.8, 4) is 0 Å². The topological polar surface area (TPSA) is 66.8 Å². The van der Waals surface area contributed by atoms with Gasteiger partial charge in [0.05, 0.1) is 25.7 Å². The van der Waals surface area contributed by atoms with Crippen molar-refractivity contribution in [2.45, 2.75) is 96.2 Å². The van der Waals surface area contributed by atoms with Gasteiger partial charge in [0.1, 0.15) is 0 Å². The second-order valence-corrected chi connectivity index (χ2v) is 5.93. The van der Waals surface area contributed by atoms with Gasteiger partial charge < -0.3 is 14.9 Å². The zero-order chi connectivity index (χ0) is 15.9. The molecule has 0 radical (unpaired) electrons. The third-order valence-electron chi connectivity index (χ3n) is 3.85. The number of hydrogen-bond acceptors (Lipinski definition) is 4. The molecule has 4 nitrogen and oxygen atoms in total. The van der Waals surface area contributed by atoms with Crippen LogP contribution >= 0.6 is 0 Å². The van der Waals surface area contributed by atoms with E-state index in [2.05, 4.69) is 11.7 Å². The lowest BCUT2D eigenvalue weighted by molar-refractivity contribution is -0.142. The Hall–Kier alpha value is -0.610. The minimum atomic E-state index is -0.564. The Kier molecular flexibility index (Phi) is 13.9. The average Bonchev–Trinajstić information content (AvgIpc) is 2.47. The van der Waals surface area contributed by atoms with Gasteiger partial charge in [-0.25, -0.2) is 0 Å². The van der Waals surface area contributed by atoms with Gasteiger partial charge in [-0.15, -0.1) is 0 Å². The fourth-order valence-electron chi connectivity index (χ4n) is 2.43. The minimum Gasteiger partial charge on any atom is -0.469 e. The highest BCUT2D eigenvalue weighted by Crippen LogP contribution is 2.13. The number of hydrogen-bond donors (Lipinski definition) is 2. The van der Waals surface area contributed by atoms with E-state index in [-0.39, 0.29) is 18.5 Å². The summed E-state index contributed by atoms with van der Waals surface area (Å²) in [7, 11) is 1.34. The molecule has 4 heteroatoms. The molecule has 0 amide bonds. The van der Waals surface area contributed by atoms with Crippen molar-refractivity contribution in [1.29, 1.82) is 0 Å². The van der Waals surface area contributed by atoms with Crippen LogP contribution in [-0.2, 0) is 9.53 Å². The Morgan fingerprint density at radius 2 is 1.33 bits per heavy atom. The van der Waals surface area contributed by atoms with Crippen molar-refractivity contribution in [2.75, 3.05) is 7.11 Å². The molecule has 0 aromatic heterocycles. The number of rotatable bonds is 14. The van der Waals surface area contributed by atoms with E-state index in [1.165, 1.54) is 20.0 Å². The van der Waals surface area contributed by atoms with E-state index in [0.717, 1.165) is 51.4 Å². The van der Waals surface area contributed by atoms with Gasteiger partial charge >= 0.3 is 5.97 Å². The largest absolute Gasteiger partial charge is 0.469 e. The van der Waals surface area contributed by atoms with E-state index < -0.39 is 6.10 Å². The Morgan fingerprint density at radius 1 is 0.857 bits per heavy atom. The van der Waals surface area contributed by atoms with E-state index in [4.69, 9.17) is 0 Å². The molecule has 0 spiro atoms. The van der Waals surface area contributed by atoms with E-state index in [1.807, 2.05) is 0 Å². The lowest BCUT2D eigenvalue weighted by atomic mass is 10.0. The summed E-state index contributed by atoms with van der Waals surface area (Å²) in [5.41, 5.74) is 0. The van der Waals surface area contributed by atoms with E-state index in [1.54, 1.807) is 0 Å². The van der Waals surface area contributed by atoms with Crippen molar-refractivity contribution >= 4 is 5.97 Å². The first-order valence-electron chi connectivity index (χ1n) is 8.53. The summed E-state index contributed by atoms with van der Waals surface area (Å²) >= 11 is 0. The first-order chi connectivity index (χ1) is 10.1. The Bertz CT molecular complexity index is 243. The number of carbonyl (C=O) groups excluding carboxylic acids is 1.